The fourth-order valence-corrected chi connectivity index (χ4v) is 7.28. The van der Waals surface area contributed by atoms with Crippen LogP contribution in [0.2, 0.25) is 0 Å². The van der Waals surface area contributed by atoms with Gasteiger partial charge in [-0.05, 0) is 31.1 Å². The summed E-state index contributed by atoms with van der Waals surface area (Å²) in [5.74, 6) is 0.806. The standard InChI is InChI=1S/C49H94O6/c1-6-7-8-9-22-29-34-39-47(50)53-42-46(43-54-48(51)40-35-30-25-20-17-13-15-19-24-28-33-38-45(4)5)55-49(52)41-36-31-26-21-16-12-10-11-14-18-23-27-32-37-44(2)3/h44-46H,6-43H2,1-5H3/t46-/m0/s1. The van der Waals surface area contributed by atoms with Crippen LogP contribution in [0, 0.1) is 11.8 Å². The Morgan fingerprint density at radius 2 is 0.600 bits per heavy atom. The quantitative estimate of drug-likeness (QED) is 0.0348. The number of carbonyl (C=O) groups excluding carboxylic acids is 3. The van der Waals surface area contributed by atoms with Crippen LogP contribution in [-0.4, -0.2) is 37.2 Å². The van der Waals surface area contributed by atoms with Crippen molar-refractivity contribution in [3.8, 4) is 0 Å². The summed E-state index contributed by atoms with van der Waals surface area (Å²) in [5, 5.41) is 0. The van der Waals surface area contributed by atoms with E-state index in [0.29, 0.717) is 19.3 Å². The molecule has 0 spiro atoms. The first-order valence-electron chi connectivity index (χ1n) is 24.2. The Kier molecular flexibility index (Phi) is 40.8. The molecule has 55 heavy (non-hydrogen) atoms. The Labute approximate surface area is 342 Å². The molecule has 0 unspecified atom stereocenters. The van der Waals surface area contributed by atoms with Crippen LogP contribution >= 0.6 is 0 Å². The van der Waals surface area contributed by atoms with Crippen LogP contribution in [0.4, 0.5) is 0 Å². The zero-order chi connectivity index (χ0) is 40.5. The largest absolute Gasteiger partial charge is 0.462 e. The molecule has 0 aromatic rings. The van der Waals surface area contributed by atoms with E-state index in [-0.39, 0.29) is 31.1 Å². The van der Waals surface area contributed by atoms with Crippen LogP contribution in [0.25, 0.3) is 0 Å². The summed E-state index contributed by atoms with van der Waals surface area (Å²) in [4.78, 5) is 37.7. The number of ether oxygens (including phenoxy) is 3. The monoisotopic (exact) mass is 779 g/mol. The molecule has 6 heteroatoms. The highest BCUT2D eigenvalue weighted by molar-refractivity contribution is 5.71. The van der Waals surface area contributed by atoms with Crippen molar-refractivity contribution in [3.63, 3.8) is 0 Å². The summed E-state index contributed by atoms with van der Waals surface area (Å²) in [5.41, 5.74) is 0. The van der Waals surface area contributed by atoms with Crippen LogP contribution in [0.3, 0.4) is 0 Å². The van der Waals surface area contributed by atoms with Crippen molar-refractivity contribution in [2.45, 2.75) is 272 Å². The first-order chi connectivity index (χ1) is 26.7. The van der Waals surface area contributed by atoms with Crippen LogP contribution in [-0.2, 0) is 28.6 Å². The summed E-state index contributed by atoms with van der Waals surface area (Å²) in [7, 11) is 0. The SMILES string of the molecule is CCCCCCCCCC(=O)OC[C@@H](COC(=O)CCCCCCCCCCCCCC(C)C)OC(=O)CCCCCCCCCCCCCCCC(C)C. The molecule has 0 aromatic carbocycles. The highest BCUT2D eigenvalue weighted by Crippen LogP contribution is 2.17. The molecule has 326 valence electrons. The molecule has 0 heterocycles. The van der Waals surface area contributed by atoms with Gasteiger partial charge < -0.3 is 14.2 Å². The Hall–Kier alpha value is -1.59. The Bertz CT molecular complexity index is 839. The minimum absolute atomic E-state index is 0.0646. The minimum atomic E-state index is -0.760. The zero-order valence-electron chi connectivity index (χ0n) is 37.6. The topological polar surface area (TPSA) is 78.9 Å². The third kappa shape index (κ3) is 43.4. The van der Waals surface area contributed by atoms with Crippen LogP contribution in [0.15, 0.2) is 0 Å². The maximum absolute atomic E-state index is 12.7. The molecule has 6 nitrogen and oxygen atoms in total. The molecule has 0 fully saturated rings. The van der Waals surface area contributed by atoms with Gasteiger partial charge in [0, 0.05) is 19.3 Å². The predicted molar refractivity (Wildman–Crippen MR) is 233 cm³/mol. The molecule has 1 atom stereocenters. The van der Waals surface area contributed by atoms with Gasteiger partial charge in [-0.15, -0.1) is 0 Å². The van der Waals surface area contributed by atoms with Crippen LogP contribution in [0.1, 0.15) is 266 Å². The van der Waals surface area contributed by atoms with E-state index in [9.17, 15) is 14.4 Å². The molecule has 0 saturated heterocycles. The van der Waals surface area contributed by atoms with E-state index in [0.717, 1.165) is 69.6 Å². The van der Waals surface area contributed by atoms with E-state index in [1.54, 1.807) is 0 Å². The van der Waals surface area contributed by atoms with E-state index in [1.807, 2.05) is 0 Å². The van der Waals surface area contributed by atoms with E-state index in [4.69, 9.17) is 14.2 Å². The van der Waals surface area contributed by atoms with Crippen molar-refractivity contribution in [1.29, 1.82) is 0 Å². The Balaban J connectivity index is 4.24. The summed E-state index contributed by atoms with van der Waals surface area (Å²) >= 11 is 0. The lowest BCUT2D eigenvalue weighted by atomic mass is 10.0. The lowest BCUT2D eigenvalue weighted by Crippen LogP contribution is -2.30. The third-order valence-electron chi connectivity index (χ3n) is 11.0. The summed E-state index contributed by atoms with van der Waals surface area (Å²) < 4.78 is 16.7. The molecule has 0 amide bonds. The number of hydrogen-bond donors (Lipinski definition) is 0. The fraction of sp³-hybridized carbons (Fsp3) is 0.939. The molecular weight excluding hydrogens is 685 g/mol. The normalized spacial score (nSPS) is 12.1. The van der Waals surface area contributed by atoms with Gasteiger partial charge in [0.1, 0.15) is 13.2 Å². The highest BCUT2D eigenvalue weighted by Gasteiger charge is 2.19. The van der Waals surface area contributed by atoms with E-state index < -0.39 is 6.10 Å². The zero-order valence-corrected chi connectivity index (χ0v) is 37.6. The number of hydrogen-bond acceptors (Lipinski definition) is 6. The number of rotatable bonds is 43. The minimum Gasteiger partial charge on any atom is -0.462 e. The second-order valence-electron chi connectivity index (χ2n) is 17.7. The molecule has 0 aliphatic carbocycles. The molecule has 0 saturated carbocycles. The molecule has 0 aromatic heterocycles. The maximum atomic E-state index is 12.7. The smallest absolute Gasteiger partial charge is 0.306 e. The summed E-state index contributed by atoms with van der Waals surface area (Å²) in [6.07, 6.45) is 41.0. The summed E-state index contributed by atoms with van der Waals surface area (Å²) in [6, 6.07) is 0. The van der Waals surface area contributed by atoms with Crippen molar-refractivity contribution in [3.05, 3.63) is 0 Å². The lowest BCUT2D eigenvalue weighted by Gasteiger charge is -2.18. The maximum Gasteiger partial charge on any atom is 0.306 e. The van der Waals surface area contributed by atoms with Crippen molar-refractivity contribution in [1.82, 2.24) is 0 Å². The molecule has 0 N–H and O–H groups in total. The molecular formula is C49H94O6. The van der Waals surface area contributed by atoms with Crippen molar-refractivity contribution in [2.75, 3.05) is 13.2 Å². The van der Waals surface area contributed by atoms with Gasteiger partial charge in [-0.2, -0.15) is 0 Å². The van der Waals surface area contributed by atoms with Gasteiger partial charge in [0.05, 0.1) is 0 Å². The second kappa shape index (κ2) is 42.0. The first kappa shape index (κ1) is 53.4. The molecule has 0 radical (unpaired) electrons. The molecule has 0 aliphatic heterocycles. The van der Waals surface area contributed by atoms with Crippen LogP contribution in [0.5, 0.6) is 0 Å². The molecule has 0 aliphatic rings. The Morgan fingerprint density at radius 1 is 0.345 bits per heavy atom. The van der Waals surface area contributed by atoms with Crippen molar-refractivity contribution >= 4 is 17.9 Å². The van der Waals surface area contributed by atoms with Gasteiger partial charge in [-0.3, -0.25) is 14.4 Å². The van der Waals surface area contributed by atoms with Crippen molar-refractivity contribution < 1.29 is 28.6 Å². The first-order valence-corrected chi connectivity index (χ1v) is 24.2. The Morgan fingerprint density at radius 3 is 0.891 bits per heavy atom. The average molecular weight is 779 g/mol. The van der Waals surface area contributed by atoms with Gasteiger partial charge in [-0.1, -0.05) is 227 Å². The fourth-order valence-electron chi connectivity index (χ4n) is 7.28. The average Bonchev–Trinajstić information content (AvgIpc) is 3.15. The lowest BCUT2D eigenvalue weighted by molar-refractivity contribution is -0.167. The van der Waals surface area contributed by atoms with Gasteiger partial charge in [0.2, 0.25) is 0 Å². The summed E-state index contributed by atoms with van der Waals surface area (Å²) in [6.45, 7) is 11.3. The predicted octanol–water partition coefficient (Wildman–Crippen LogP) is 15.4. The van der Waals surface area contributed by atoms with Gasteiger partial charge in [-0.25, -0.2) is 0 Å². The number of unbranched alkanes of at least 4 members (excludes halogenated alkanes) is 28. The van der Waals surface area contributed by atoms with Gasteiger partial charge >= 0.3 is 17.9 Å². The van der Waals surface area contributed by atoms with Gasteiger partial charge in [0.15, 0.2) is 6.10 Å². The molecule has 0 rings (SSSR count). The highest BCUT2D eigenvalue weighted by atomic mass is 16.6. The van der Waals surface area contributed by atoms with Crippen molar-refractivity contribution in [2.24, 2.45) is 11.8 Å². The third-order valence-corrected chi connectivity index (χ3v) is 11.0. The van der Waals surface area contributed by atoms with E-state index in [1.165, 1.54) is 154 Å². The second-order valence-corrected chi connectivity index (χ2v) is 17.7. The van der Waals surface area contributed by atoms with E-state index in [2.05, 4.69) is 34.6 Å². The van der Waals surface area contributed by atoms with Crippen LogP contribution < -0.4 is 0 Å². The number of esters is 3. The number of carbonyl (C=O) groups is 3. The van der Waals surface area contributed by atoms with E-state index >= 15 is 0 Å². The van der Waals surface area contributed by atoms with Gasteiger partial charge in [0.25, 0.3) is 0 Å². The molecule has 0 bridgehead atoms.